The standard InChI is InChI=1S/C12H17N5OS/c1-13-7-8-17-12(14-15-16-17)19-9-10-3-5-11(18-2)6-4-10/h3-6,13H,7-9H2,1-2H3. The smallest absolute Gasteiger partial charge is 0.209 e. The Labute approximate surface area is 116 Å². The summed E-state index contributed by atoms with van der Waals surface area (Å²) in [6.45, 7) is 1.62. The Hall–Kier alpha value is -1.60. The van der Waals surface area contributed by atoms with Gasteiger partial charge in [0.15, 0.2) is 0 Å². The highest BCUT2D eigenvalue weighted by molar-refractivity contribution is 7.98. The van der Waals surface area contributed by atoms with Gasteiger partial charge in [0.1, 0.15) is 5.75 Å². The van der Waals surface area contributed by atoms with Crippen LogP contribution in [0.2, 0.25) is 0 Å². The predicted molar refractivity (Wildman–Crippen MR) is 74.3 cm³/mol. The molecule has 1 aromatic carbocycles. The molecule has 1 aromatic heterocycles. The molecule has 102 valence electrons. The van der Waals surface area contributed by atoms with Crippen molar-refractivity contribution in [3.8, 4) is 5.75 Å². The minimum Gasteiger partial charge on any atom is -0.497 e. The average molecular weight is 279 g/mol. The Bertz CT molecular complexity index is 499. The lowest BCUT2D eigenvalue weighted by Crippen LogP contribution is -2.16. The number of aromatic nitrogens is 4. The van der Waals surface area contributed by atoms with Crippen LogP contribution >= 0.6 is 11.8 Å². The third-order valence-electron chi connectivity index (χ3n) is 2.60. The summed E-state index contributed by atoms with van der Waals surface area (Å²) in [5.41, 5.74) is 1.22. The highest BCUT2D eigenvalue weighted by Gasteiger charge is 2.06. The van der Waals surface area contributed by atoms with Crippen molar-refractivity contribution in [1.29, 1.82) is 0 Å². The number of rotatable bonds is 7. The molecule has 0 fully saturated rings. The first-order valence-corrected chi connectivity index (χ1v) is 6.98. The number of tetrazole rings is 1. The quantitative estimate of drug-likeness (QED) is 0.768. The van der Waals surface area contributed by atoms with E-state index in [2.05, 4.69) is 20.8 Å². The van der Waals surface area contributed by atoms with Crippen LogP contribution in [0.1, 0.15) is 5.56 Å². The molecule has 0 radical (unpaired) electrons. The van der Waals surface area contributed by atoms with Gasteiger partial charge in [-0.3, -0.25) is 0 Å². The van der Waals surface area contributed by atoms with Crippen molar-refractivity contribution in [2.24, 2.45) is 0 Å². The van der Waals surface area contributed by atoms with Crippen LogP contribution < -0.4 is 10.1 Å². The molecule has 6 nitrogen and oxygen atoms in total. The Morgan fingerprint density at radius 1 is 1.32 bits per heavy atom. The van der Waals surface area contributed by atoms with Crippen LogP contribution in [0.4, 0.5) is 0 Å². The summed E-state index contributed by atoms with van der Waals surface area (Å²) in [6.07, 6.45) is 0. The van der Waals surface area contributed by atoms with Gasteiger partial charge in [-0.1, -0.05) is 23.9 Å². The Morgan fingerprint density at radius 3 is 2.79 bits per heavy atom. The van der Waals surface area contributed by atoms with Crippen LogP contribution in [-0.2, 0) is 12.3 Å². The van der Waals surface area contributed by atoms with Gasteiger partial charge in [0.25, 0.3) is 0 Å². The Balaban J connectivity index is 1.92. The monoisotopic (exact) mass is 279 g/mol. The van der Waals surface area contributed by atoms with Crippen molar-refractivity contribution < 1.29 is 4.74 Å². The van der Waals surface area contributed by atoms with E-state index in [1.54, 1.807) is 18.9 Å². The van der Waals surface area contributed by atoms with E-state index in [-0.39, 0.29) is 0 Å². The lowest BCUT2D eigenvalue weighted by atomic mass is 10.2. The molecule has 0 aliphatic rings. The molecular formula is C12H17N5OS. The number of likely N-dealkylation sites (N-methyl/N-ethyl adjacent to an activating group) is 1. The number of nitrogens with one attached hydrogen (secondary N) is 1. The number of methoxy groups -OCH3 is 1. The van der Waals surface area contributed by atoms with Crippen LogP contribution in [0.3, 0.4) is 0 Å². The number of benzene rings is 1. The number of nitrogens with zero attached hydrogens (tertiary/aromatic N) is 4. The van der Waals surface area contributed by atoms with E-state index >= 15 is 0 Å². The Kier molecular flexibility index (Phi) is 5.17. The summed E-state index contributed by atoms with van der Waals surface area (Å²) < 4.78 is 6.94. The predicted octanol–water partition coefficient (Wildman–Crippen LogP) is 1.19. The summed E-state index contributed by atoms with van der Waals surface area (Å²) in [5, 5.41) is 15.6. The zero-order valence-electron chi connectivity index (χ0n) is 11.0. The van der Waals surface area contributed by atoms with Crippen LogP contribution in [0.15, 0.2) is 29.4 Å². The molecule has 2 aromatic rings. The second kappa shape index (κ2) is 7.10. The molecule has 0 bridgehead atoms. The number of hydrogen-bond donors (Lipinski definition) is 1. The van der Waals surface area contributed by atoms with Gasteiger partial charge in [-0.15, -0.1) is 5.10 Å². The van der Waals surface area contributed by atoms with Gasteiger partial charge in [0.05, 0.1) is 13.7 Å². The van der Waals surface area contributed by atoms with Crippen molar-refractivity contribution in [3.63, 3.8) is 0 Å². The van der Waals surface area contributed by atoms with Crippen molar-refractivity contribution in [1.82, 2.24) is 25.5 Å². The number of thioether (sulfide) groups is 1. The van der Waals surface area contributed by atoms with Crippen LogP contribution in [0, 0.1) is 0 Å². The van der Waals surface area contributed by atoms with Gasteiger partial charge < -0.3 is 10.1 Å². The molecule has 1 heterocycles. The fourth-order valence-electron chi connectivity index (χ4n) is 1.53. The van der Waals surface area contributed by atoms with E-state index in [1.165, 1.54) is 5.56 Å². The van der Waals surface area contributed by atoms with Crippen LogP contribution in [0.5, 0.6) is 5.75 Å². The fourth-order valence-corrected chi connectivity index (χ4v) is 2.39. The number of ether oxygens (including phenoxy) is 1. The molecule has 0 unspecified atom stereocenters. The number of hydrogen-bond acceptors (Lipinski definition) is 6. The first-order chi connectivity index (χ1) is 9.33. The van der Waals surface area contributed by atoms with Crippen LogP contribution in [0.25, 0.3) is 0 Å². The third-order valence-corrected chi connectivity index (χ3v) is 3.63. The minimum atomic E-state index is 0.772. The van der Waals surface area contributed by atoms with Crippen molar-refractivity contribution in [2.45, 2.75) is 17.5 Å². The molecule has 0 atom stereocenters. The summed E-state index contributed by atoms with van der Waals surface area (Å²) in [5.74, 6) is 1.71. The lowest BCUT2D eigenvalue weighted by Gasteiger charge is -2.04. The normalized spacial score (nSPS) is 10.6. The molecule has 2 rings (SSSR count). The maximum absolute atomic E-state index is 5.13. The molecule has 1 N–H and O–H groups in total. The van der Waals surface area contributed by atoms with Gasteiger partial charge in [-0.2, -0.15) is 0 Å². The van der Waals surface area contributed by atoms with Gasteiger partial charge >= 0.3 is 0 Å². The SMILES string of the molecule is CNCCn1nnnc1SCc1ccc(OC)cc1. The first kappa shape index (κ1) is 13.8. The molecule has 0 saturated carbocycles. The average Bonchev–Trinajstić information content (AvgIpc) is 2.91. The molecule has 19 heavy (non-hydrogen) atoms. The zero-order chi connectivity index (χ0) is 13.5. The summed E-state index contributed by atoms with van der Waals surface area (Å²) in [6, 6.07) is 8.01. The highest BCUT2D eigenvalue weighted by atomic mass is 32.2. The maximum Gasteiger partial charge on any atom is 0.209 e. The molecule has 0 aliphatic heterocycles. The minimum absolute atomic E-state index is 0.772. The third kappa shape index (κ3) is 3.93. The van der Waals surface area contributed by atoms with E-state index in [1.807, 2.05) is 36.0 Å². The van der Waals surface area contributed by atoms with Gasteiger partial charge in [0, 0.05) is 12.3 Å². The lowest BCUT2D eigenvalue weighted by molar-refractivity contribution is 0.414. The summed E-state index contributed by atoms with van der Waals surface area (Å²) in [4.78, 5) is 0. The molecule has 0 saturated heterocycles. The molecule has 0 amide bonds. The second-order valence-electron chi connectivity index (χ2n) is 3.92. The largest absolute Gasteiger partial charge is 0.497 e. The Morgan fingerprint density at radius 2 is 2.11 bits per heavy atom. The molecule has 0 spiro atoms. The summed E-state index contributed by atoms with van der Waals surface area (Å²) >= 11 is 1.63. The summed E-state index contributed by atoms with van der Waals surface area (Å²) in [7, 11) is 3.58. The van der Waals surface area contributed by atoms with Crippen LogP contribution in [-0.4, -0.2) is 40.9 Å². The van der Waals surface area contributed by atoms with E-state index in [4.69, 9.17) is 4.74 Å². The first-order valence-electron chi connectivity index (χ1n) is 6.00. The van der Waals surface area contributed by atoms with Crippen molar-refractivity contribution in [2.75, 3.05) is 20.7 Å². The van der Waals surface area contributed by atoms with E-state index in [0.29, 0.717) is 0 Å². The zero-order valence-corrected chi connectivity index (χ0v) is 11.9. The second-order valence-corrected chi connectivity index (χ2v) is 4.87. The molecule has 7 heteroatoms. The van der Waals surface area contributed by atoms with Gasteiger partial charge in [0.2, 0.25) is 5.16 Å². The van der Waals surface area contributed by atoms with E-state index < -0.39 is 0 Å². The molecule has 0 aliphatic carbocycles. The maximum atomic E-state index is 5.13. The van der Waals surface area contributed by atoms with Crippen molar-refractivity contribution in [3.05, 3.63) is 29.8 Å². The highest BCUT2D eigenvalue weighted by Crippen LogP contribution is 2.21. The van der Waals surface area contributed by atoms with E-state index in [0.717, 1.165) is 29.7 Å². The molecular weight excluding hydrogens is 262 g/mol. The van der Waals surface area contributed by atoms with E-state index in [9.17, 15) is 0 Å². The van der Waals surface area contributed by atoms with Crippen molar-refractivity contribution >= 4 is 11.8 Å². The van der Waals surface area contributed by atoms with Gasteiger partial charge in [-0.05, 0) is 35.2 Å². The fraction of sp³-hybridized carbons (Fsp3) is 0.417. The van der Waals surface area contributed by atoms with Gasteiger partial charge in [-0.25, -0.2) is 4.68 Å². The topological polar surface area (TPSA) is 64.9 Å².